The normalized spacial score (nSPS) is 13.0. The first-order valence-electron chi connectivity index (χ1n) is 11.0. The maximum atomic E-state index is 14.6. The molecule has 10 nitrogen and oxygen atoms in total. The first-order chi connectivity index (χ1) is 17.6. The Morgan fingerprint density at radius 3 is 1.27 bits per heavy atom. The van der Waals surface area contributed by atoms with Crippen molar-refractivity contribution in [3.63, 3.8) is 0 Å². The highest BCUT2D eigenvalue weighted by Gasteiger charge is 2.41. The standard InChI is InChI=1S/C26H22N4O6S/c27-23-13-11-19(29(31)32)15-21(23)25(17-7-3-1-4-8-17)37(35,36)26(18-9-5-2-6-10-18)22-16-20(30(33)34)12-14-24(22)28/h1-16,25-26H,27-28H2. The van der Waals surface area contributed by atoms with Crippen LogP contribution in [0.4, 0.5) is 22.7 Å². The molecule has 188 valence electrons. The van der Waals surface area contributed by atoms with Gasteiger partial charge in [0.25, 0.3) is 11.4 Å². The molecule has 11 heteroatoms. The van der Waals surface area contributed by atoms with Crippen LogP contribution in [0.2, 0.25) is 0 Å². The SMILES string of the molecule is Nc1ccc([N+](=O)[O-])cc1C(c1ccccc1)S(=O)(=O)C(c1ccccc1)c1cc([N+](=O)[O-])ccc1N. The van der Waals surface area contributed by atoms with Gasteiger partial charge in [0.15, 0.2) is 9.84 Å². The first-order valence-corrected chi connectivity index (χ1v) is 12.6. The number of nitrogens with zero attached hydrogens (tertiary/aromatic N) is 2. The van der Waals surface area contributed by atoms with Gasteiger partial charge in [-0.3, -0.25) is 20.2 Å². The summed E-state index contributed by atoms with van der Waals surface area (Å²) in [5.41, 5.74) is 12.5. The lowest BCUT2D eigenvalue weighted by Crippen LogP contribution is -2.24. The number of hydrogen-bond acceptors (Lipinski definition) is 8. The summed E-state index contributed by atoms with van der Waals surface area (Å²) in [4.78, 5) is 21.8. The third-order valence-corrected chi connectivity index (χ3v) is 8.36. The number of hydrogen-bond donors (Lipinski definition) is 2. The minimum atomic E-state index is -4.41. The van der Waals surface area contributed by atoms with Crippen molar-refractivity contribution in [2.75, 3.05) is 11.5 Å². The molecule has 0 saturated heterocycles. The van der Waals surface area contributed by atoms with E-state index in [4.69, 9.17) is 11.5 Å². The lowest BCUT2D eigenvalue weighted by Gasteiger charge is -2.27. The molecule has 0 fully saturated rings. The number of nitro groups is 2. The second-order valence-electron chi connectivity index (χ2n) is 8.31. The predicted octanol–water partition coefficient (Wildman–Crippen LogP) is 4.96. The van der Waals surface area contributed by atoms with Gasteiger partial charge in [-0.15, -0.1) is 0 Å². The molecule has 4 aromatic carbocycles. The lowest BCUT2D eigenvalue weighted by molar-refractivity contribution is -0.385. The van der Waals surface area contributed by atoms with Crippen molar-refractivity contribution < 1.29 is 18.3 Å². The summed E-state index contributed by atoms with van der Waals surface area (Å²) in [7, 11) is -4.41. The zero-order chi connectivity index (χ0) is 26.7. The molecule has 0 heterocycles. The molecule has 0 spiro atoms. The first kappa shape index (κ1) is 25.3. The second-order valence-corrected chi connectivity index (χ2v) is 10.4. The van der Waals surface area contributed by atoms with Crippen LogP contribution >= 0.6 is 0 Å². The molecular weight excluding hydrogens is 496 g/mol. The number of nitro benzene ring substituents is 2. The van der Waals surface area contributed by atoms with Gasteiger partial charge in [-0.1, -0.05) is 60.7 Å². The average molecular weight is 519 g/mol. The van der Waals surface area contributed by atoms with Crippen LogP contribution in [0.15, 0.2) is 97.1 Å². The Labute approximate surface area is 212 Å². The summed E-state index contributed by atoms with van der Waals surface area (Å²) in [5.74, 6) is 0. The van der Waals surface area contributed by atoms with Crippen molar-refractivity contribution in [1.82, 2.24) is 0 Å². The van der Waals surface area contributed by atoms with E-state index in [-0.39, 0.29) is 33.9 Å². The predicted molar refractivity (Wildman–Crippen MR) is 141 cm³/mol. The molecule has 2 unspecified atom stereocenters. The van der Waals surface area contributed by atoms with Gasteiger partial charge >= 0.3 is 0 Å². The van der Waals surface area contributed by atoms with Crippen molar-refractivity contribution in [1.29, 1.82) is 0 Å². The second kappa shape index (κ2) is 10.1. The van der Waals surface area contributed by atoms with Crippen molar-refractivity contribution in [2.24, 2.45) is 0 Å². The minimum Gasteiger partial charge on any atom is -0.398 e. The number of non-ortho nitro benzene ring substituents is 2. The van der Waals surface area contributed by atoms with Crippen LogP contribution < -0.4 is 11.5 Å². The third-order valence-electron chi connectivity index (χ3n) is 5.99. The van der Waals surface area contributed by atoms with Crippen molar-refractivity contribution in [2.45, 2.75) is 10.5 Å². The van der Waals surface area contributed by atoms with E-state index < -0.39 is 30.2 Å². The number of sulfone groups is 1. The molecule has 0 saturated carbocycles. The molecule has 0 amide bonds. The minimum absolute atomic E-state index is 0.0188. The fourth-order valence-corrected chi connectivity index (χ4v) is 6.75. The highest BCUT2D eigenvalue weighted by atomic mass is 32.2. The van der Waals surface area contributed by atoms with Crippen molar-refractivity contribution >= 4 is 32.6 Å². The zero-order valence-corrected chi connectivity index (χ0v) is 20.1. The summed E-state index contributed by atoms with van der Waals surface area (Å²) in [5, 5.41) is 20.2. The summed E-state index contributed by atoms with van der Waals surface area (Å²) >= 11 is 0. The van der Waals surface area contributed by atoms with E-state index in [1.807, 2.05) is 0 Å². The van der Waals surface area contributed by atoms with Gasteiger partial charge < -0.3 is 11.5 Å². The quantitative estimate of drug-likeness (QED) is 0.187. The lowest BCUT2D eigenvalue weighted by atomic mass is 10.0. The Hall–Kier alpha value is -4.77. The maximum Gasteiger partial charge on any atom is 0.269 e. The van der Waals surface area contributed by atoms with Crippen LogP contribution in [0, 0.1) is 20.2 Å². The molecule has 0 aromatic heterocycles. The third kappa shape index (κ3) is 4.98. The van der Waals surface area contributed by atoms with Crippen LogP contribution in [0.5, 0.6) is 0 Å². The van der Waals surface area contributed by atoms with E-state index in [0.29, 0.717) is 11.1 Å². The fraction of sp³-hybridized carbons (Fsp3) is 0.0769. The van der Waals surface area contributed by atoms with Gasteiger partial charge in [0, 0.05) is 46.8 Å². The number of nitrogen functional groups attached to an aromatic ring is 2. The number of benzene rings is 4. The van der Waals surface area contributed by atoms with E-state index in [9.17, 15) is 28.6 Å². The van der Waals surface area contributed by atoms with Crippen LogP contribution in [0.1, 0.15) is 32.8 Å². The molecule has 4 aromatic rings. The van der Waals surface area contributed by atoms with Gasteiger partial charge in [0.1, 0.15) is 10.5 Å². The molecule has 0 aliphatic carbocycles. The number of rotatable bonds is 8. The molecule has 37 heavy (non-hydrogen) atoms. The summed E-state index contributed by atoms with van der Waals surface area (Å²) in [6.45, 7) is 0. The smallest absolute Gasteiger partial charge is 0.269 e. The van der Waals surface area contributed by atoms with Crippen LogP contribution in [0.25, 0.3) is 0 Å². The zero-order valence-electron chi connectivity index (χ0n) is 19.3. The van der Waals surface area contributed by atoms with E-state index in [0.717, 1.165) is 12.1 Å². The molecule has 0 radical (unpaired) electrons. The average Bonchev–Trinajstić information content (AvgIpc) is 2.87. The van der Waals surface area contributed by atoms with Gasteiger partial charge in [0.2, 0.25) is 0 Å². The molecule has 4 rings (SSSR count). The Morgan fingerprint density at radius 2 is 0.946 bits per heavy atom. The van der Waals surface area contributed by atoms with E-state index in [1.54, 1.807) is 60.7 Å². The molecule has 0 aliphatic rings. The van der Waals surface area contributed by atoms with Crippen LogP contribution in [-0.4, -0.2) is 18.3 Å². The molecule has 2 atom stereocenters. The van der Waals surface area contributed by atoms with Gasteiger partial charge in [0.05, 0.1) is 9.85 Å². The van der Waals surface area contributed by atoms with Gasteiger partial charge in [-0.25, -0.2) is 8.42 Å². The highest BCUT2D eigenvalue weighted by molar-refractivity contribution is 7.92. The maximum absolute atomic E-state index is 14.6. The van der Waals surface area contributed by atoms with E-state index in [1.165, 1.54) is 24.3 Å². The topological polar surface area (TPSA) is 172 Å². The largest absolute Gasteiger partial charge is 0.398 e. The summed E-state index contributed by atoms with van der Waals surface area (Å²) in [6.07, 6.45) is 0. The van der Waals surface area contributed by atoms with Crippen molar-refractivity contribution in [3.8, 4) is 0 Å². The van der Waals surface area contributed by atoms with Crippen LogP contribution in [0.3, 0.4) is 0 Å². The van der Waals surface area contributed by atoms with E-state index >= 15 is 0 Å². The van der Waals surface area contributed by atoms with Gasteiger partial charge in [-0.05, 0) is 23.3 Å². The van der Waals surface area contributed by atoms with Gasteiger partial charge in [-0.2, -0.15) is 0 Å². The Kier molecular flexibility index (Phi) is 6.89. The van der Waals surface area contributed by atoms with E-state index in [2.05, 4.69) is 0 Å². The van der Waals surface area contributed by atoms with Crippen molar-refractivity contribution in [3.05, 3.63) is 140 Å². The summed E-state index contributed by atoms with van der Waals surface area (Å²) < 4.78 is 29.3. The summed E-state index contributed by atoms with van der Waals surface area (Å²) in [6, 6.07) is 23.6. The number of anilines is 2. The number of nitrogens with two attached hydrogens (primary N) is 2. The highest BCUT2D eigenvalue weighted by Crippen LogP contribution is 2.46. The molecule has 4 N–H and O–H groups in total. The monoisotopic (exact) mass is 518 g/mol. The van der Waals surface area contributed by atoms with Crippen LogP contribution in [-0.2, 0) is 9.84 Å². The Bertz CT molecular complexity index is 1460. The Morgan fingerprint density at radius 1 is 0.595 bits per heavy atom. The molecule has 0 bridgehead atoms. The molecular formula is C26H22N4O6S. The fourth-order valence-electron chi connectivity index (χ4n) is 4.29. The Balaban J connectivity index is 2.06. The molecule has 0 aliphatic heterocycles.